The molecule has 4 aromatic heterocycles. The van der Waals surface area contributed by atoms with E-state index < -0.39 is 34.3 Å². The number of esters is 2. The first-order valence-corrected chi connectivity index (χ1v) is 18.5. The highest BCUT2D eigenvalue weighted by atomic mass is 32.2. The van der Waals surface area contributed by atoms with Gasteiger partial charge in [0.1, 0.15) is 11.1 Å². The molecule has 1 atom stereocenters. The van der Waals surface area contributed by atoms with Crippen LogP contribution in [-0.2, 0) is 16.0 Å². The maximum absolute atomic E-state index is 13.9. The molecule has 0 radical (unpaired) electrons. The largest absolute Gasteiger partial charge is 0.388 e. The van der Waals surface area contributed by atoms with Crippen LogP contribution in [-0.4, -0.2) is 36.5 Å². The lowest BCUT2D eigenvalue weighted by molar-refractivity contribution is 0.0395. The molecule has 6 aromatic rings. The Balaban J connectivity index is 1.14. The molecule has 11 nitrogen and oxygen atoms in total. The van der Waals surface area contributed by atoms with Crippen molar-refractivity contribution in [2.24, 2.45) is 0 Å². The van der Waals surface area contributed by atoms with Crippen LogP contribution in [0.25, 0.3) is 33.3 Å². The van der Waals surface area contributed by atoms with Gasteiger partial charge < -0.3 is 10.1 Å². The minimum absolute atomic E-state index is 0.119. The number of aryl methyl sites for hydroxylation is 2. The zero-order valence-corrected chi connectivity index (χ0v) is 30.1. The molecule has 0 aliphatic heterocycles. The Morgan fingerprint density at radius 3 is 1.49 bits per heavy atom. The lowest BCUT2D eigenvalue weighted by Gasteiger charge is -2.17. The number of carbonyl (C=O) groups is 2. The molecule has 2 saturated carbocycles. The van der Waals surface area contributed by atoms with Gasteiger partial charge in [-0.1, -0.05) is 24.3 Å². The summed E-state index contributed by atoms with van der Waals surface area (Å²) in [4.78, 5) is 55.0. The van der Waals surface area contributed by atoms with E-state index in [1.54, 1.807) is 36.7 Å². The van der Waals surface area contributed by atoms with E-state index in [1.165, 1.54) is 14.9 Å². The number of aromatic nitrogens is 2. The van der Waals surface area contributed by atoms with Gasteiger partial charge in [-0.2, -0.15) is 0 Å². The van der Waals surface area contributed by atoms with Gasteiger partial charge in [-0.05, 0) is 144 Å². The van der Waals surface area contributed by atoms with E-state index in [4.69, 9.17) is 9.29 Å². The number of fused-ring (bicyclic) bond motifs is 2. The summed E-state index contributed by atoms with van der Waals surface area (Å²) in [6.07, 6.45) is 6.84. The highest BCUT2D eigenvalue weighted by Gasteiger charge is 2.33. The van der Waals surface area contributed by atoms with Crippen LogP contribution in [0.2, 0.25) is 0 Å². The van der Waals surface area contributed by atoms with E-state index in [9.17, 15) is 23.4 Å². The van der Waals surface area contributed by atoms with E-state index >= 15 is 0 Å². The van der Waals surface area contributed by atoms with Crippen LogP contribution in [0, 0.1) is 13.8 Å². The normalized spacial score (nSPS) is 14.6. The Labute approximate surface area is 306 Å². The van der Waals surface area contributed by atoms with E-state index in [1.807, 2.05) is 63.4 Å². The van der Waals surface area contributed by atoms with Crippen molar-refractivity contribution in [2.75, 3.05) is 17.1 Å². The predicted molar refractivity (Wildman–Crippen MR) is 205 cm³/mol. The van der Waals surface area contributed by atoms with Gasteiger partial charge in [-0.3, -0.25) is 27.7 Å². The van der Waals surface area contributed by atoms with E-state index in [-0.39, 0.29) is 23.0 Å². The van der Waals surface area contributed by atoms with Crippen molar-refractivity contribution in [1.29, 1.82) is 0 Å². The Morgan fingerprint density at radius 1 is 0.698 bits per heavy atom. The first-order chi connectivity index (χ1) is 25.5. The highest BCUT2D eigenvalue weighted by Crippen LogP contribution is 2.45. The molecule has 0 saturated heterocycles. The summed E-state index contributed by atoms with van der Waals surface area (Å²) in [6.45, 7) is 3.87. The van der Waals surface area contributed by atoms with Crippen LogP contribution >= 0.6 is 0 Å². The molecule has 0 bridgehead atoms. The fourth-order valence-electron chi connectivity index (χ4n) is 7.35. The Morgan fingerprint density at radius 2 is 1.11 bits per heavy atom. The lowest BCUT2D eigenvalue weighted by atomic mass is 9.96. The standard InChI is InChI=1S/C41H36N4O7S/c1-22-30(24-8-12-28(42-3)13-9-24)16-18-44-36(22)32(26-4-5-26)20-34(38(44)46)40(48)52-41(49)35-21-33(27-6-7-27)37-23(2)31(17-19-45(37)39(35)47)25-10-14-29(15-11-25)43-53(50)51/h8-21,26-27,42-43H,4-7H2,1-3H3,(H,50,51). The molecule has 4 heterocycles. The first-order valence-electron chi connectivity index (χ1n) is 17.4. The van der Waals surface area contributed by atoms with Gasteiger partial charge in [0, 0.05) is 30.8 Å². The Bertz CT molecular complexity index is 2640. The second-order valence-electron chi connectivity index (χ2n) is 13.8. The van der Waals surface area contributed by atoms with Crippen molar-refractivity contribution in [3.8, 4) is 22.3 Å². The third kappa shape index (κ3) is 6.23. The van der Waals surface area contributed by atoms with Gasteiger partial charge >= 0.3 is 11.9 Å². The van der Waals surface area contributed by atoms with Crippen LogP contribution in [0.3, 0.4) is 0 Å². The fourth-order valence-corrected chi connectivity index (χ4v) is 7.69. The predicted octanol–water partition coefficient (Wildman–Crippen LogP) is 7.21. The molecular formula is C41H36N4O7S. The van der Waals surface area contributed by atoms with E-state index in [0.29, 0.717) is 11.2 Å². The summed E-state index contributed by atoms with van der Waals surface area (Å²) in [7, 11) is 1.86. The molecular weight excluding hydrogens is 693 g/mol. The van der Waals surface area contributed by atoms with Crippen molar-refractivity contribution in [3.05, 3.63) is 139 Å². The number of benzene rings is 2. The molecule has 3 N–H and O–H groups in total. The van der Waals surface area contributed by atoms with Gasteiger partial charge in [0.25, 0.3) is 22.4 Å². The molecule has 2 aliphatic rings. The molecule has 2 aliphatic carbocycles. The van der Waals surface area contributed by atoms with Crippen LogP contribution in [0.1, 0.15) is 80.5 Å². The highest BCUT2D eigenvalue weighted by molar-refractivity contribution is 7.80. The molecule has 2 fully saturated rings. The van der Waals surface area contributed by atoms with Gasteiger partial charge in [0.2, 0.25) is 0 Å². The summed E-state index contributed by atoms with van der Waals surface area (Å²) in [6, 6.07) is 21.7. The Kier molecular flexibility index (Phi) is 8.58. The summed E-state index contributed by atoms with van der Waals surface area (Å²) >= 11 is -2.20. The molecule has 12 heteroatoms. The monoisotopic (exact) mass is 728 g/mol. The number of nitrogens with one attached hydrogen (secondary N) is 2. The molecule has 2 aromatic carbocycles. The molecule has 8 rings (SSSR count). The maximum atomic E-state index is 13.9. The summed E-state index contributed by atoms with van der Waals surface area (Å²) in [5, 5.41) is 3.12. The van der Waals surface area contributed by atoms with Crippen molar-refractivity contribution in [2.45, 2.75) is 51.4 Å². The van der Waals surface area contributed by atoms with Crippen LogP contribution < -0.4 is 21.2 Å². The van der Waals surface area contributed by atoms with Gasteiger partial charge in [-0.25, -0.2) is 13.8 Å². The smallest absolute Gasteiger partial charge is 0.351 e. The molecule has 53 heavy (non-hydrogen) atoms. The molecule has 268 valence electrons. The third-order valence-electron chi connectivity index (χ3n) is 10.4. The molecule has 1 unspecified atom stereocenters. The van der Waals surface area contributed by atoms with Gasteiger partial charge in [-0.15, -0.1) is 0 Å². The van der Waals surface area contributed by atoms with Gasteiger partial charge in [0.15, 0.2) is 0 Å². The minimum atomic E-state index is -2.20. The topological polar surface area (TPSA) is 148 Å². The average molecular weight is 729 g/mol. The zero-order valence-electron chi connectivity index (χ0n) is 29.3. The van der Waals surface area contributed by atoms with Crippen LogP contribution in [0.5, 0.6) is 0 Å². The second-order valence-corrected chi connectivity index (χ2v) is 14.5. The number of nitrogens with zero attached hydrogens (tertiary/aromatic N) is 2. The van der Waals surface area contributed by atoms with E-state index in [2.05, 4.69) is 10.0 Å². The number of hydrogen-bond donors (Lipinski definition) is 3. The molecule has 0 amide bonds. The second kappa shape index (κ2) is 13.3. The van der Waals surface area contributed by atoms with Crippen LogP contribution in [0.15, 0.2) is 94.8 Å². The number of anilines is 2. The quantitative estimate of drug-likeness (QED) is 0.0805. The summed E-state index contributed by atoms with van der Waals surface area (Å²) < 4.78 is 31.0. The zero-order chi connectivity index (χ0) is 37.1. The van der Waals surface area contributed by atoms with Gasteiger partial charge in [0.05, 0.1) is 11.0 Å². The number of carbonyl (C=O) groups excluding carboxylic acids is 2. The maximum Gasteiger partial charge on any atom is 0.351 e. The first kappa shape index (κ1) is 34.2. The molecule has 0 spiro atoms. The van der Waals surface area contributed by atoms with E-state index in [0.717, 1.165) is 81.4 Å². The van der Waals surface area contributed by atoms with Crippen molar-refractivity contribution in [3.63, 3.8) is 0 Å². The summed E-state index contributed by atoms with van der Waals surface area (Å²) in [5.74, 6) is -1.94. The average Bonchev–Trinajstić information content (AvgIpc) is 4.08. The minimum Gasteiger partial charge on any atom is -0.388 e. The Hall–Kier alpha value is -5.85. The lowest BCUT2D eigenvalue weighted by Crippen LogP contribution is -2.29. The van der Waals surface area contributed by atoms with Crippen LogP contribution in [0.4, 0.5) is 11.4 Å². The number of rotatable bonds is 9. The summed E-state index contributed by atoms with van der Waals surface area (Å²) in [5.41, 5.74) is 8.10. The van der Waals surface area contributed by atoms with Crippen molar-refractivity contribution < 1.29 is 23.1 Å². The SMILES string of the molecule is CNc1ccc(-c2ccn3c(=O)c(C(=O)OC(=O)c4cc(C5CC5)c5c(C)c(-c6ccc(NS(=O)O)cc6)ccn5c4=O)cc(C4CC4)c3c2C)cc1. The van der Waals surface area contributed by atoms with Crippen molar-refractivity contribution in [1.82, 2.24) is 8.80 Å². The number of pyridine rings is 4. The number of hydrogen-bond acceptors (Lipinski definition) is 7. The third-order valence-corrected chi connectivity index (χ3v) is 10.8. The number of ether oxygens (including phenoxy) is 1. The van der Waals surface area contributed by atoms with Crippen molar-refractivity contribution >= 4 is 45.6 Å². The fraction of sp³-hybridized carbons (Fsp3) is 0.220.